The van der Waals surface area contributed by atoms with Crippen molar-refractivity contribution in [1.82, 2.24) is 4.90 Å². The molecule has 0 aromatic heterocycles. The maximum Gasteiger partial charge on any atom is 0.134 e. The second-order valence-corrected chi connectivity index (χ2v) is 8.62. The first kappa shape index (κ1) is 15.8. The monoisotopic (exact) mass is 341 g/mol. The Balaban J connectivity index is 1.67. The Bertz CT molecular complexity index is 728. The maximum absolute atomic E-state index is 12.5. The van der Waals surface area contributed by atoms with Gasteiger partial charge in [0.2, 0.25) is 0 Å². The van der Waals surface area contributed by atoms with E-state index >= 15 is 0 Å². The molecule has 3 atom stereocenters. The first-order valence-electron chi connectivity index (χ1n) is 9.72. The number of piperidine rings is 1. The second-order valence-electron chi connectivity index (χ2n) is 8.62. The zero-order valence-corrected chi connectivity index (χ0v) is 15.0. The number of methoxy groups -OCH3 is 1. The minimum absolute atomic E-state index is 0.134. The van der Waals surface area contributed by atoms with Crippen LogP contribution in [0.15, 0.2) is 18.2 Å². The van der Waals surface area contributed by atoms with Gasteiger partial charge in [-0.1, -0.05) is 12.1 Å². The predicted molar refractivity (Wildman–Crippen MR) is 94.9 cm³/mol. The zero-order chi connectivity index (χ0) is 17.2. The number of Topliss-reactive ketones (excluding diaryl/α,β-unsaturated/α-hetero) is 1. The molecule has 3 aliphatic carbocycles. The van der Waals surface area contributed by atoms with Gasteiger partial charge in [-0.3, -0.25) is 9.69 Å². The molecule has 4 heteroatoms. The van der Waals surface area contributed by atoms with Gasteiger partial charge >= 0.3 is 0 Å². The lowest BCUT2D eigenvalue weighted by Gasteiger charge is -2.63. The average Bonchev–Trinajstić information content (AvgIpc) is 3.41. The van der Waals surface area contributed by atoms with Crippen LogP contribution in [0.3, 0.4) is 0 Å². The van der Waals surface area contributed by atoms with Gasteiger partial charge in [0.25, 0.3) is 0 Å². The van der Waals surface area contributed by atoms with Gasteiger partial charge in [-0.15, -0.1) is 0 Å². The number of likely N-dealkylation sites (tertiary alicyclic amines) is 1. The number of ketones is 1. The lowest BCUT2D eigenvalue weighted by Crippen LogP contribution is -2.73. The quantitative estimate of drug-likeness (QED) is 0.917. The number of aliphatic hydroxyl groups is 1. The summed E-state index contributed by atoms with van der Waals surface area (Å²) in [5.41, 5.74) is 1.11. The Morgan fingerprint density at radius 2 is 2.16 bits per heavy atom. The Morgan fingerprint density at radius 1 is 1.32 bits per heavy atom. The van der Waals surface area contributed by atoms with Crippen LogP contribution in [0.4, 0.5) is 0 Å². The third-order valence-corrected chi connectivity index (χ3v) is 7.34. The van der Waals surface area contributed by atoms with E-state index in [1.165, 1.54) is 18.4 Å². The number of carbonyl (C=O) groups excluding carboxylic acids is 1. The summed E-state index contributed by atoms with van der Waals surface area (Å²) in [6, 6.07) is 6.34. The topological polar surface area (TPSA) is 49.8 Å². The number of fused-ring (bicyclic) bond motifs is 1. The molecule has 0 unspecified atom stereocenters. The molecule has 5 rings (SSSR count). The fourth-order valence-electron chi connectivity index (χ4n) is 5.98. The second kappa shape index (κ2) is 5.31. The largest absolute Gasteiger partial charge is 0.496 e. The molecule has 2 bridgehead atoms. The van der Waals surface area contributed by atoms with Gasteiger partial charge in [0.05, 0.1) is 12.7 Å². The van der Waals surface area contributed by atoms with Crippen molar-refractivity contribution in [2.75, 3.05) is 20.2 Å². The van der Waals surface area contributed by atoms with Crippen molar-refractivity contribution in [2.24, 2.45) is 5.92 Å². The molecule has 1 aliphatic heterocycles. The number of benzene rings is 1. The van der Waals surface area contributed by atoms with E-state index in [2.05, 4.69) is 11.0 Å². The van der Waals surface area contributed by atoms with Crippen LogP contribution in [-0.4, -0.2) is 47.6 Å². The molecule has 1 aromatic rings. The molecule has 4 aliphatic rings. The Labute approximate surface area is 149 Å². The van der Waals surface area contributed by atoms with E-state index in [0.717, 1.165) is 43.2 Å². The van der Waals surface area contributed by atoms with Gasteiger partial charge in [0.15, 0.2) is 0 Å². The molecule has 1 aromatic carbocycles. The summed E-state index contributed by atoms with van der Waals surface area (Å²) in [5, 5.41) is 12.0. The van der Waals surface area contributed by atoms with E-state index in [1.54, 1.807) is 7.11 Å². The molecule has 0 amide bonds. The van der Waals surface area contributed by atoms with Crippen molar-refractivity contribution < 1.29 is 14.6 Å². The molecular weight excluding hydrogens is 314 g/mol. The minimum Gasteiger partial charge on any atom is -0.496 e. The van der Waals surface area contributed by atoms with E-state index < -0.39 is 11.0 Å². The first-order valence-corrected chi connectivity index (χ1v) is 9.72. The highest BCUT2D eigenvalue weighted by Crippen LogP contribution is 2.59. The lowest BCUT2D eigenvalue weighted by molar-refractivity contribution is -0.173. The van der Waals surface area contributed by atoms with E-state index in [-0.39, 0.29) is 11.8 Å². The number of carbonyl (C=O) groups is 1. The normalized spacial score (nSPS) is 37.4. The smallest absolute Gasteiger partial charge is 0.134 e. The Hall–Kier alpha value is -1.39. The van der Waals surface area contributed by atoms with Crippen molar-refractivity contribution in [3.8, 4) is 5.75 Å². The molecule has 0 radical (unpaired) electrons. The lowest BCUT2D eigenvalue weighted by atomic mass is 9.49. The molecular formula is C21H27NO3. The summed E-state index contributed by atoms with van der Waals surface area (Å²) in [6.07, 6.45) is 5.94. The van der Waals surface area contributed by atoms with Crippen LogP contribution in [0.25, 0.3) is 0 Å². The van der Waals surface area contributed by atoms with Crippen molar-refractivity contribution in [3.63, 3.8) is 0 Å². The standard InChI is InChI=1S/C21H27NO3/c1-25-17-4-2-3-15-11-18-21(24)8-7-16(23)12-20(21,19(15)17)9-10-22(18)13-14-5-6-14/h2-4,14,18,24H,5-13H2,1H3/t18-,20-,21-/m1/s1. The molecule has 3 fully saturated rings. The summed E-state index contributed by atoms with van der Waals surface area (Å²) in [5.74, 6) is 1.95. The summed E-state index contributed by atoms with van der Waals surface area (Å²) in [6.45, 7) is 2.09. The third kappa shape index (κ3) is 2.10. The van der Waals surface area contributed by atoms with Crippen molar-refractivity contribution >= 4 is 5.78 Å². The molecule has 1 saturated heterocycles. The Kier molecular flexibility index (Phi) is 3.36. The van der Waals surface area contributed by atoms with Crippen molar-refractivity contribution in [3.05, 3.63) is 29.3 Å². The molecule has 4 nitrogen and oxygen atoms in total. The highest BCUT2D eigenvalue weighted by molar-refractivity contribution is 5.83. The number of hydrogen-bond acceptors (Lipinski definition) is 4. The van der Waals surface area contributed by atoms with Gasteiger partial charge < -0.3 is 9.84 Å². The molecule has 1 N–H and O–H groups in total. The van der Waals surface area contributed by atoms with E-state index in [0.29, 0.717) is 19.3 Å². The molecule has 1 heterocycles. The fourth-order valence-corrected chi connectivity index (χ4v) is 5.98. The van der Waals surface area contributed by atoms with Crippen LogP contribution in [0.2, 0.25) is 0 Å². The predicted octanol–water partition coefficient (Wildman–Crippen LogP) is 2.46. The van der Waals surface area contributed by atoms with Crippen LogP contribution < -0.4 is 4.74 Å². The number of hydrogen-bond donors (Lipinski definition) is 1. The average molecular weight is 341 g/mol. The molecule has 134 valence electrons. The number of ether oxygens (including phenoxy) is 1. The number of nitrogens with zero attached hydrogens (tertiary/aromatic N) is 1. The van der Waals surface area contributed by atoms with E-state index in [1.807, 2.05) is 12.1 Å². The Morgan fingerprint density at radius 3 is 2.92 bits per heavy atom. The van der Waals surface area contributed by atoms with Crippen molar-refractivity contribution in [1.29, 1.82) is 0 Å². The fraction of sp³-hybridized carbons (Fsp3) is 0.667. The van der Waals surface area contributed by atoms with Crippen LogP contribution in [0.5, 0.6) is 5.75 Å². The highest BCUT2D eigenvalue weighted by atomic mass is 16.5. The molecule has 2 saturated carbocycles. The highest BCUT2D eigenvalue weighted by Gasteiger charge is 2.65. The third-order valence-electron chi connectivity index (χ3n) is 7.34. The van der Waals surface area contributed by atoms with Gasteiger partial charge in [-0.2, -0.15) is 0 Å². The number of rotatable bonds is 3. The summed E-state index contributed by atoms with van der Waals surface area (Å²) < 4.78 is 5.69. The summed E-state index contributed by atoms with van der Waals surface area (Å²) in [4.78, 5) is 15.0. The summed E-state index contributed by atoms with van der Waals surface area (Å²) in [7, 11) is 1.70. The van der Waals surface area contributed by atoms with Gasteiger partial charge in [0.1, 0.15) is 11.5 Å². The zero-order valence-electron chi connectivity index (χ0n) is 15.0. The van der Waals surface area contributed by atoms with Gasteiger partial charge in [-0.25, -0.2) is 0 Å². The van der Waals surface area contributed by atoms with Crippen molar-refractivity contribution in [2.45, 2.75) is 62.0 Å². The van der Waals surface area contributed by atoms with Crippen LogP contribution in [0, 0.1) is 5.92 Å². The van der Waals surface area contributed by atoms with Crippen LogP contribution in [0.1, 0.15) is 49.7 Å². The SMILES string of the molecule is COc1cccc2c1[C@]13CCN(CC4CC4)[C@H](C2)[C@]1(O)CCC(=O)C3. The van der Waals surface area contributed by atoms with E-state index in [9.17, 15) is 9.90 Å². The van der Waals surface area contributed by atoms with Gasteiger partial charge in [-0.05, 0) is 56.2 Å². The molecule has 25 heavy (non-hydrogen) atoms. The molecule has 0 spiro atoms. The summed E-state index contributed by atoms with van der Waals surface area (Å²) >= 11 is 0. The van der Waals surface area contributed by atoms with E-state index in [4.69, 9.17) is 4.74 Å². The maximum atomic E-state index is 12.5. The van der Waals surface area contributed by atoms with Crippen LogP contribution >= 0.6 is 0 Å². The van der Waals surface area contributed by atoms with Crippen LogP contribution in [-0.2, 0) is 16.6 Å². The van der Waals surface area contributed by atoms with Gasteiger partial charge in [0, 0.05) is 36.4 Å². The minimum atomic E-state index is -0.810. The first-order chi connectivity index (χ1) is 12.1.